The fourth-order valence-electron chi connectivity index (χ4n) is 1.79. The number of aromatic nitrogens is 4. The van der Waals surface area contributed by atoms with Crippen LogP contribution in [-0.4, -0.2) is 20.4 Å². The Labute approximate surface area is 127 Å². The minimum atomic E-state index is -4.34. The number of hydrogen-bond donors (Lipinski definition) is 1. The quantitative estimate of drug-likeness (QED) is 0.789. The number of thiazole rings is 1. The minimum absolute atomic E-state index is 0.466. The van der Waals surface area contributed by atoms with Crippen LogP contribution in [0.2, 0.25) is 0 Å². The smallest absolute Gasteiger partial charge is 0.235 e. The van der Waals surface area contributed by atoms with Gasteiger partial charge in [-0.1, -0.05) is 18.2 Å². The van der Waals surface area contributed by atoms with Gasteiger partial charge in [-0.05, 0) is 23.8 Å². The molecule has 1 aromatic carbocycles. The number of benzene rings is 1. The Kier molecular flexibility index (Phi) is 3.76. The summed E-state index contributed by atoms with van der Waals surface area (Å²) >= 11 is 1.37. The van der Waals surface area contributed by atoms with Crippen molar-refractivity contribution in [3.8, 4) is 11.4 Å². The van der Waals surface area contributed by atoms with Gasteiger partial charge in [0.25, 0.3) is 0 Å². The van der Waals surface area contributed by atoms with Crippen LogP contribution in [0.15, 0.2) is 35.8 Å². The number of nitrogens with zero attached hydrogens (tertiary/aromatic N) is 3. The van der Waals surface area contributed by atoms with Crippen molar-refractivity contribution < 1.29 is 13.2 Å². The van der Waals surface area contributed by atoms with Crippen LogP contribution in [0.5, 0.6) is 0 Å². The molecule has 8 heteroatoms. The second-order valence-corrected chi connectivity index (χ2v) is 5.27. The molecular weight excluding hydrogens is 313 g/mol. The Morgan fingerprint density at radius 3 is 2.73 bits per heavy atom. The fraction of sp³-hybridized carbons (Fsp3) is 0.0714. The predicted octanol–water partition coefficient (Wildman–Crippen LogP) is 4.12. The van der Waals surface area contributed by atoms with Crippen molar-refractivity contribution in [2.75, 3.05) is 0 Å². The molecule has 2 heterocycles. The molecule has 2 aromatic heterocycles. The highest BCUT2D eigenvalue weighted by molar-refractivity contribution is 7.10. The van der Waals surface area contributed by atoms with E-state index < -0.39 is 11.7 Å². The van der Waals surface area contributed by atoms with Crippen molar-refractivity contribution in [2.24, 2.45) is 0 Å². The van der Waals surface area contributed by atoms with Gasteiger partial charge >= 0.3 is 6.18 Å². The molecule has 0 amide bonds. The number of hydrogen-bond acceptors (Lipinski definition) is 4. The molecule has 0 aliphatic rings. The van der Waals surface area contributed by atoms with E-state index in [1.807, 2.05) is 5.38 Å². The summed E-state index contributed by atoms with van der Waals surface area (Å²) in [5.74, 6) is 0. The third-order valence-electron chi connectivity index (χ3n) is 2.83. The van der Waals surface area contributed by atoms with Gasteiger partial charge < -0.3 is 0 Å². The van der Waals surface area contributed by atoms with E-state index in [0.29, 0.717) is 22.0 Å². The molecule has 0 saturated carbocycles. The summed E-state index contributed by atoms with van der Waals surface area (Å²) in [6, 6.07) is 5.13. The molecule has 0 bridgehead atoms. The second kappa shape index (κ2) is 5.72. The first-order valence-electron chi connectivity index (χ1n) is 6.19. The molecule has 0 saturated heterocycles. The van der Waals surface area contributed by atoms with Gasteiger partial charge in [-0.3, -0.25) is 0 Å². The molecule has 1 N–H and O–H groups in total. The van der Waals surface area contributed by atoms with Crippen molar-refractivity contribution >= 4 is 23.5 Å². The predicted molar refractivity (Wildman–Crippen MR) is 77.9 cm³/mol. The maximum Gasteiger partial charge on any atom is 0.416 e. The van der Waals surface area contributed by atoms with Gasteiger partial charge in [-0.2, -0.15) is 28.6 Å². The SMILES string of the molecule is FC(F)(F)c1cccc(/C=C/c2nc(-c3cn[nH]n3)cs2)c1. The van der Waals surface area contributed by atoms with Crippen LogP contribution < -0.4 is 0 Å². The van der Waals surface area contributed by atoms with E-state index >= 15 is 0 Å². The van der Waals surface area contributed by atoms with Crippen LogP contribution in [0.25, 0.3) is 23.5 Å². The third-order valence-corrected chi connectivity index (χ3v) is 3.64. The zero-order valence-corrected chi connectivity index (χ0v) is 11.8. The average Bonchev–Trinajstić information content (AvgIpc) is 3.15. The van der Waals surface area contributed by atoms with Gasteiger partial charge in [-0.25, -0.2) is 4.98 Å². The average molecular weight is 322 g/mol. The number of halogens is 3. The van der Waals surface area contributed by atoms with E-state index in [2.05, 4.69) is 20.4 Å². The monoisotopic (exact) mass is 322 g/mol. The summed E-state index contributed by atoms with van der Waals surface area (Å²) in [6.07, 6.45) is 0.477. The number of alkyl halides is 3. The first kappa shape index (κ1) is 14.5. The molecule has 0 unspecified atom stereocenters. The molecule has 0 atom stereocenters. The van der Waals surface area contributed by atoms with E-state index in [0.717, 1.165) is 12.1 Å². The molecule has 4 nitrogen and oxygen atoms in total. The number of nitrogens with one attached hydrogen (secondary N) is 1. The fourth-order valence-corrected chi connectivity index (χ4v) is 2.50. The Bertz CT molecular complexity index is 791. The van der Waals surface area contributed by atoms with E-state index in [1.165, 1.54) is 17.4 Å². The first-order chi connectivity index (χ1) is 10.5. The molecule has 22 heavy (non-hydrogen) atoms. The Hall–Kier alpha value is -2.48. The zero-order valence-electron chi connectivity index (χ0n) is 11.0. The third kappa shape index (κ3) is 3.22. The molecule has 3 rings (SSSR count). The molecule has 3 aromatic rings. The highest BCUT2D eigenvalue weighted by atomic mass is 32.1. The van der Waals surface area contributed by atoms with Crippen LogP contribution in [0.1, 0.15) is 16.1 Å². The van der Waals surface area contributed by atoms with Gasteiger partial charge in [0.15, 0.2) is 0 Å². The lowest BCUT2D eigenvalue weighted by atomic mass is 10.1. The number of aromatic amines is 1. The van der Waals surface area contributed by atoms with Crippen molar-refractivity contribution in [1.82, 2.24) is 20.4 Å². The van der Waals surface area contributed by atoms with Gasteiger partial charge in [0.2, 0.25) is 0 Å². The van der Waals surface area contributed by atoms with Gasteiger partial charge in [0.1, 0.15) is 16.4 Å². The van der Waals surface area contributed by atoms with Crippen LogP contribution in [0.3, 0.4) is 0 Å². The first-order valence-corrected chi connectivity index (χ1v) is 7.07. The topological polar surface area (TPSA) is 54.5 Å². The van der Waals surface area contributed by atoms with E-state index in [1.54, 1.807) is 24.4 Å². The molecule has 0 aliphatic carbocycles. The highest BCUT2D eigenvalue weighted by Gasteiger charge is 2.30. The van der Waals surface area contributed by atoms with E-state index in [9.17, 15) is 13.2 Å². The normalized spacial score (nSPS) is 12.1. The van der Waals surface area contributed by atoms with E-state index in [-0.39, 0.29) is 0 Å². The summed E-state index contributed by atoms with van der Waals surface area (Å²) in [5, 5.41) is 12.6. The highest BCUT2D eigenvalue weighted by Crippen LogP contribution is 2.30. The zero-order chi connectivity index (χ0) is 15.6. The standard InChI is InChI=1S/C14H9F3N4S/c15-14(16,17)10-3-1-2-9(6-10)4-5-13-19-12(8-22-13)11-7-18-21-20-11/h1-8H,(H,18,20,21)/b5-4+. The van der Waals surface area contributed by atoms with Crippen LogP contribution in [-0.2, 0) is 6.18 Å². The molecular formula is C14H9F3N4S. The minimum Gasteiger partial charge on any atom is -0.235 e. The molecule has 0 spiro atoms. The Morgan fingerprint density at radius 1 is 1.14 bits per heavy atom. The molecule has 0 radical (unpaired) electrons. The summed E-state index contributed by atoms with van der Waals surface area (Å²) in [7, 11) is 0. The van der Waals surface area contributed by atoms with Crippen LogP contribution >= 0.6 is 11.3 Å². The Balaban J connectivity index is 1.80. The summed E-state index contributed by atoms with van der Waals surface area (Å²) in [5.41, 5.74) is 1.09. The van der Waals surface area contributed by atoms with Gasteiger partial charge in [0, 0.05) is 5.38 Å². The second-order valence-electron chi connectivity index (χ2n) is 4.38. The van der Waals surface area contributed by atoms with Gasteiger partial charge in [0.05, 0.1) is 11.8 Å². The van der Waals surface area contributed by atoms with Crippen LogP contribution in [0, 0.1) is 0 Å². The lowest BCUT2D eigenvalue weighted by molar-refractivity contribution is -0.137. The summed E-state index contributed by atoms with van der Waals surface area (Å²) in [6.45, 7) is 0. The molecule has 0 fully saturated rings. The van der Waals surface area contributed by atoms with Gasteiger partial charge in [-0.15, -0.1) is 11.3 Å². The lowest BCUT2D eigenvalue weighted by Crippen LogP contribution is -2.04. The molecule has 112 valence electrons. The maximum absolute atomic E-state index is 12.6. The van der Waals surface area contributed by atoms with Crippen molar-refractivity contribution in [3.63, 3.8) is 0 Å². The molecule has 0 aliphatic heterocycles. The van der Waals surface area contributed by atoms with Crippen molar-refractivity contribution in [2.45, 2.75) is 6.18 Å². The van der Waals surface area contributed by atoms with Crippen molar-refractivity contribution in [3.05, 3.63) is 52.0 Å². The maximum atomic E-state index is 12.6. The van der Waals surface area contributed by atoms with Crippen molar-refractivity contribution in [1.29, 1.82) is 0 Å². The largest absolute Gasteiger partial charge is 0.416 e. The number of H-pyrrole nitrogens is 1. The summed E-state index contributed by atoms with van der Waals surface area (Å²) in [4.78, 5) is 4.33. The van der Waals surface area contributed by atoms with E-state index in [4.69, 9.17) is 0 Å². The van der Waals surface area contributed by atoms with Crippen LogP contribution in [0.4, 0.5) is 13.2 Å². The summed E-state index contributed by atoms with van der Waals surface area (Å²) < 4.78 is 37.9. The Morgan fingerprint density at radius 2 is 2.00 bits per heavy atom. The number of rotatable bonds is 3. The lowest BCUT2D eigenvalue weighted by Gasteiger charge is -2.06.